The molecule has 3 atom stereocenters. The first-order valence-electron chi connectivity index (χ1n) is 13.9. The Hall–Kier alpha value is -1.26. The fourth-order valence-electron chi connectivity index (χ4n) is 2.79. The van der Waals surface area contributed by atoms with Crippen LogP contribution in [0.3, 0.4) is 0 Å². The molecule has 0 spiro atoms. The number of rotatable bonds is 4. The number of nitrogens with zero attached hydrogens (tertiary/aromatic N) is 1. The second-order valence-corrected chi connectivity index (χ2v) is 5.96. The van der Waals surface area contributed by atoms with Crippen molar-refractivity contribution >= 4 is 0 Å². The topological polar surface area (TPSA) is 41.9 Å². The number of ether oxygens (including phenoxy) is 2. The monoisotopic (exact) mass is 332 g/mol. The Morgan fingerprint density at radius 2 is 2.26 bits per heavy atom. The number of benzene rings is 1. The lowest BCUT2D eigenvalue weighted by atomic mass is 9.79. The van der Waals surface area contributed by atoms with Gasteiger partial charge in [0.1, 0.15) is 0 Å². The highest BCUT2D eigenvalue weighted by atomic mass is 16.5. The summed E-state index contributed by atoms with van der Waals surface area (Å²) in [6.07, 6.45) is -9.64. The Labute approximate surface area is 157 Å². The van der Waals surface area contributed by atoms with E-state index in [4.69, 9.17) is 27.3 Å². The summed E-state index contributed by atoms with van der Waals surface area (Å²) in [5.74, 6) is -4.07. The molecule has 23 heavy (non-hydrogen) atoms. The van der Waals surface area contributed by atoms with E-state index in [-0.39, 0.29) is 12.3 Å². The van der Waals surface area contributed by atoms with Crippen LogP contribution in [0.2, 0.25) is 0 Å². The minimum absolute atomic E-state index is 0.215. The quantitative estimate of drug-likeness (QED) is 0.920. The van der Waals surface area contributed by atoms with E-state index in [1.807, 2.05) is 0 Å². The van der Waals surface area contributed by atoms with Gasteiger partial charge >= 0.3 is 0 Å². The van der Waals surface area contributed by atoms with Crippen LogP contribution in [0.15, 0.2) is 12.1 Å². The van der Waals surface area contributed by atoms with Crippen LogP contribution in [-0.4, -0.2) is 43.3 Å². The van der Waals surface area contributed by atoms with Crippen LogP contribution in [-0.2, 0) is 6.37 Å². The van der Waals surface area contributed by atoms with Crippen LogP contribution in [0.5, 0.6) is 11.5 Å². The van der Waals surface area contributed by atoms with Crippen molar-refractivity contribution in [3.05, 3.63) is 23.2 Å². The predicted octanol–water partition coefficient (Wildman–Crippen LogP) is 3.03. The summed E-state index contributed by atoms with van der Waals surface area (Å²) in [5.41, 5.74) is -1.43. The maximum atomic E-state index is 11.2. The maximum absolute atomic E-state index is 11.2. The van der Waals surface area contributed by atoms with Crippen LogP contribution in [0.4, 0.5) is 0 Å². The minimum atomic E-state index is -3.15. The molecule has 1 saturated heterocycles. The van der Waals surface area contributed by atoms with Gasteiger partial charge in [-0.15, -0.1) is 0 Å². The van der Waals surface area contributed by atoms with Crippen LogP contribution in [0.1, 0.15) is 61.6 Å². The summed E-state index contributed by atoms with van der Waals surface area (Å²) in [6.45, 7) is -0.506. The first kappa shape index (κ1) is 6.93. The SMILES string of the molecule is [2H]c1c(OC)c(OC([2H])([2H])[2H])c([2H])c2c1C1N(CC([2H])(CC(C)C)C([2H])(O)C1([2H])[2H])C([2H])([2H])C2([2H])[2H]. The third-order valence-corrected chi connectivity index (χ3v) is 3.80. The summed E-state index contributed by atoms with van der Waals surface area (Å²) in [6, 6.07) is -3.73. The lowest BCUT2D eigenvalue weighted by Gasteiger charge is -2.46. The van der Waals surface area contributed by atoms with Gasteiger partial charge in [-0.2, -0.15) is 0 Å². The zero-order chi connectivity index (χ0) is 28.0. The van der Waals surface area contributed by atoms with Crippen molar-refractivity contribution in [2.45, 2.75) is 45.1 Å². The number of piperidine rings is 1. The molecule has 2 heterocycles. The van der Waals surface area contributed by atoms with E-state index in [9.17, 15) is 5.11 Å². The maximum Gasteiger partial charge on any atom is 0.161 e. The molecule has 1 aromatic carbocycles. The average molecular weight is 333 g/mol. The molecule has 3 unspecified atom stereocenters. The van der Waals surface area contributed by atoms with E-state index >= 15 is 0 Å². The van der Waals surface area contributed by atoms with Crippen molar-refractivity contribution in [3.8, 4) is 11.5 Å². The van der Waals surface area contributed by atoms with Crippen molar-refractivity contribution in [2.24, 2.45) is 11.8 Å². The number of hydrogen-bond acceptors (Lipinski definition) is 4. The summed E-state index contributed by atoms with van der Waals surface area (Å²) in [7, 11) is -2.10. The average Bonchev–Trinajstić information content (AvgIpc) is 2.67. The molecule has 2 aliphatic rings. The molecule has 4 heteroatoms. The Balaban J connectivity index is 2.47. The summed E-state index contributed by atoms with van der Waals surface area (Å²) >= 11 is 0. The number of fused-ring (bicyclic) bond motifs is 3. The van der Waals surface area contributed by atoms with Gasteiger partial charge in [-0.1, -0.05) is 13.8 Å². The minimum Gasteiger partial charge on any atom is -0.493 e. The molecule has 4 nitrogen and oxygen atoms in total. The van der Waals surface area contributed by atoms with Gasteiger partial charge in [0.05, 0.1) is 28.5 Å². The Kier molecular flexibility index (Phi) is 2.02. The van der Waals surface area contributed by atoms with E-state index in [1.54, 1.807) is 13.8 Å². The van der Waals surface area contributed by atoms with Crippen LogP contribution >= 0.6 is 0 Å². The van der Waals surface area contributed by atoms with E-state index in [0.717, 1.165) is 7.11 Å². The van der Waals surface area contributed by atoms with E-state index < -0.39 is 85.6 Å². The lowest BCUT2D eigenvalue weighted by Crippen LogP contribution is -2.48. The van der Waals surface area contributed by atoms with Gasteiger partial charge in [-0.25, -0.2) is 0 Å². The van der Waals surface area contributed by atoms with Gasteiger partial charge in [0.15, 0.2) is 11.5 Å². The third-order valence-electron chi connectivity index (χ3n) is 3.80. The molecular formula is C19H29NO3. The van der Waals surface area contributed by atoms with E-state index in [1.165, 1.54) is 0 Å². The third kappa shape index (κ3) is 3.20. The Morgan fingerprint density at radius 3 is 2.96 bits per heavy atom. The van der Waals surface area contributed by atoms with Crippen LogP contribution in [0.25, 0.3) is 0 Å². The number of aliphatic hydroxyl groups is 1. The molecule has 1 aromatic rings. The van der Waals surface area contributed by atoms with Gasteiger partial charge in [0.25, 0.3) is 0 Å². The molecule has 0 radical (unpaired) electrons. The Bertz CT molecular complexity index is 1060. The second-order valence-electron chi connectivity index (χ2n) is 5.96. The van der Waals surface area contributed by atoms with Crippen LogP contribution < -0.4 is 9.47 Å². The van der Waals surface area contributed by atoms with Crippen molar-refractivity contribution in [3.63, 3.8) is 0 Å². The smallest absolute Gasteiger partial charge is 0.161 e. The summed E-state index contributed by atoms with van der Waals surface area (Å²) in [5, 5.41) is 11.2. The normalized spacial score (nSPS) is 49.3. The standard InChI is InChI=1S/C19H29NO3/c1-12(2)7-14-11-20-6-5-13-8-18(22-3)19(23-4)9-15(13)16(20)10-17(14)21/h8-9,12,14,16-17,21H,5-7,10-11H2,1-4H3/i3D3,5D2,6D2,8D,9D,10D2,14D,17D. The molecule has 1 N–H and O–H groups in total. The molecule has 0 saturated carbocycles. The molecule has 1 fully saturated rings. The van der Waals surface area contributed by atoms with Crippen molar-refractivity contribution in [2.75, 3.05) is 27.2 Å². The van der Waals surface area contributed by atoms with Gasteiger partial charge in [0, 0.05) is 28.7 Å². The van der Waals surface area contributed by atoms with Crippen LogP contribution in [0, 0.1) is 11.8 Å². The van der Waals surface area contributed by atoms with Crippen molar-refractivity contribution in [1.82, 2.24) is 4.90 Å². The lowest BCUT2D eigenvalue weighted by molar-refractivity contribution is -0.0191. The molecule has 0 aliphatic carbocycles. The molecular weight excluding hydrogens is 290 g/mol. The van der Waals surface area contributed by atoms with Crippen molar-refractivity contribution < 1.29 is 32.4 Å². The predicted molar refractivity (Wildman–Crippen MR) is 91.1 cm³/mol. The second kappa shape index (κ2) is 6.70. The molecule has 0 bridgehead atoms. The van der Waals surface area contributed by atoms with Crippen molar-refractivity contribution in [1.29, 1.82) is 0 Å². The fourth-order valence-corrected chi connectivity index (χ4v) is 2.79. The number of methoxy groups -OCH3 is 2. The zero-order valence-corrected chi connectivity index (χ0v) is 13.3. The van der Waals surface area contributed by atoms with E-state index in [0.29, 0.717) is 4.90 Å². The van der Waals surface area contributed by atoms with Gasteiger partial charge in [0.2, 0.25) is 0 Å². The fraction of sp³-hybridized carbons (Fsp3) is 0.684. The highest BCUT2D eigenvalue weighted by Crippen LogP contribution is 2.43. The summed E-state index contributed by atoms with van der Waals surface area (Å²) in [4.78, 5) is 0.689. The molecule has 2 aliphatic heterocycles. The van der Waals surface area contributed by atoms with Gasteiger partial charge in [-0.05, 0) is 54.2 Å². The first-order valence-corrected chi connectivity index (χ1v) is 7.39. The highest BCUT2D eigenvalue weighted by Gasteiger charge is 2.38. The zero-order valence-electron chi connectivity index (χ0n) is 26.3. The molecule has 0 aromatic heterocycles. The van der Waals surface area contributed by atoms with E-state index in [2.05, 4.69) is 0 Å². The molecule has 0 amide bonds. The van der Waals surface area contributed by atoms with Gasteiger partial charge in [-0.3, -0.25) is 4.90 Å². The number of hydrogen-bond donors (Lipinski definition) is 1. The first-order chi connectivity index (χ1) is 16.0. The molecule has 128 valence electrons. The Morgan fingerprint density at radius 1 is 1.48 bits per heavy atom. The molecule has 3 rings (SSSR count). The van der Waals surface area contributed by atoms with Gasteiger partial charge < -0.3 is 14.6 Å². The summed E-state index contributed by atoms with van der Waals surface area (Å²) < 4.78 is 119. The highest BCUT2D eigenvalue weighted by molar-refractivity contribution is 5.49. The largest absolute Gasteiger partial charge is 0.493 e.